The average Bonchev–Trinajstić information content (AvgIpc) is 2.74. The minimum absolute atomic E-state index is 0.0960. The van der Waals surface area contributed by atoms with Crippen LogP contribution in [0.1, 0.15) is 52.4 Å². The molecule has 14 nitrogen and oxygen atoms in total. The van der Waals surface area contributed by atoms with Gasteiger partial charge < -0.3 is 44.0 Å². The van der Waals surface area contributed by atoms with Crippen molar-refractivity contribution in [2.75, 3.05) is 6.54 Å². The maximum atomic E-state index is 12.9. The zero-order chi connectivity index (χ0) is 26.4. The van der Waals surface area contributed by atoms with E-state index in [2.05, 4.69) is 16.0 Å². The Morgan fingerprint density at radius 1 is 0.824 bits per heavy atom. The lowest BCUT2D eigenvalue weighted by Gasteiger charge is -2.27. The zero-order valence-electron chi connectivity index (χ0n) is 19.5. The Bertz CT molecular complexity index is 747. The predicted molar refractivity (Wildman–Crippen MR) is 121 cm³/mol. The summed E-state index contributed by atoms with van der Waals surface area (Å²) in [5.41, 5.74) is 21.3. The summed E-state index contributed by atoms with van der Waals surface area (Å²) in [6, 6.07) is -5.20. The topological polar surface area (TPSA) is 263 Å². The molecule has 0 aromatic heterocycles. The van der Waals surface area contributed by atoms with E-state index in [9.17, 15) is 33.9 Å². The van der Waals surface area contributed by atoms with E-state index in [0.29, 0.717) is 25.8 Å². The van der Waals surface area contributed by atoms with Crippen LogP contribution in [0.2, 0.25) is 0 Å². The molecule has 12 N–H and O–H groups in total. The molecule has 0 spiro atoms. The number of aliphatic carboxylic acids is 1. The number of amides is 5. The van der Waals surface area contributed by atoms with Crippen molar-refractivity contribution in [3.8, 4) is 0 Å². The summed E-state index contributed by atoms with van der Waals surface area (Å²) in [6.45, 7) is 3.77. The van der Waals surface area contributed by atoms with Crippen molar-refractivity contribution in [1.82, 2.24) is 16.0 Å². The summed E-state index contributed by atoms with van der Waals surface area (Å²) in [5, 5.41) is 16.4. The molecule has 0 aliphatic carbocycles. The SMILES string of the molecule is CCC(C)C(NC(=O)C(N)CC(N)=O)C(=O)NC(CC(N)=O)C(=O)NC(CCCCN)C(=O)O. The summed E-state index contributed by atoms with van der Waals surface area (Å²) < 4.78 is 0. The lowest BCUT2D eigenvalue weighted by molar-refractivity contribution is -0.142. The smallest absolute Gasteiger partial charge is 0.326 e. The quantitative estimate of drug-likeness (QED) is 0.0957. The highest BCUT2D eigenvalue weighted by Gasteiger charge is 2.33. The van der Waals surface area contributed by atoms with Crippen molar-refractivity contribution in [3.63, 3.8) is 0 Å². The van der Waals surface area contributed by atoms with E-state index in [1.165, 1.54) is 0 Å². The monoisotopic (exact) mass is 487 g/mol. The second-order valence-electron chi connectivity index (χ2n) is 8.06. The Hall–Kier alpha value is -3.26. The fourth-order valence-corrected chi connectivity index (χ4v) is 2.97. The van der Waals surface area contributed by atoms with Crippen molar-refractivity contribution in [1.29, 1.82) is 0 Å². The van der Waals surface area contributed by atoms with Crippen LogP contribution in [-0.2, 0) is 28.8 Å². The third-order valence-electron chi connectivity index (χ3n) is 5.15. The minimum Gasteiger partial charge on any atom is -0.480 e. The van der Waals surface area contributed by atoms with Gasteiger partial charge in [-0.05, 0) is 31.7 Å². The van der Waals surface area contributed by atoms with Gasteiger partial charge in [0.1, 0.15) is 18.1 Å². The molecule has 0 aromatic rings. The largest absolute Gasteiger partial charge is 0.480 e. The fourth-order valence-electron chi connectivity index (χ4n) is 2.97. The van der Waals surface area contributed by atoms with Crippen molar-refractivity contribution in [2.45, 2.75) is 76.5 Å². The molecular formula is C20H37N7O7. The first-order valence-corrected chi connectivity index (χ1v) is 11.0. The highest BCUT2D eigenvalue weighted by atomic mass is 16.4. The number of unbranched alkanes of at least 4 members (excludes halogenated alkanes) is 1. The first-order valence-electron chi connectivity index (χ1n) is 11.0. The molecule has 0 saturated heterocycles. The first-order chi connectivity index (χ1) is 15.8. The number of hydrogen-bond donors (Lipinski definition) is 8. The standard InChI is InChI=1S/C20H37N7O7/c1-3-10(2)16(27-17(30)11(22)8-14(23)28)19(32)26-13(9-15(24)29)18(31)25-12(20(33)34)6-4-5-7-21/h10-13,16H,3-9,21-22H2,1-2H3,(H2,23,28)(H2,24,29)(H,25,31)(H,26,32)(H,27,30)(H,33,34). The van der Waals surface area contributed by atoms with E-state index >= 15 is 0 Å². The molecule has 0 aliphatic rings. The lowest BCUT2D eigenvalue weighted by atomic mass is 9.97. The van der Waals surface area contributed by atoms with Gasteiger partial charge in [0, 0.05) is 0 Å². The molecule has 5 unspecified atom stereocenters. The van der Waals surface area contributed by atoms with Crippen molar-refractivity contribution in [3.05, 3.63) is 0 Å². The second-order valence-corrected chi connectivity index (χ2v) is 8.06. The van der Waals surface area contributed by atoms with E-state index in [-0.39, 0.29) is 6.42 Å². The van der Waals surface area contributed by atoms with Gasteiger partial charge in [0.15, 0.2) is 0 Å². The maximum Gasteiger partial charge on any atom is 0.326 e. The zero-order valence-corrected chi connectivity index (χ0v) is 19.5. The molecule has 14 heteroatoms. The van der Waals surface area contributed by atoms with Gasteiger partial charge >= 0.3 is 5.97 Å². The Morgan fingerprint density at radius 2 is 1.38 bits per heavy atom. The lowest BCUT2D eigenvalue weighted by Crippen LogP contribution is -2.59. The maximum absolute atomic E-state index is 12.9. The summed E-state index contributed by atoms with van der Waals surface area (Å²) in [7, 11) is 0. The summed E-state index contributed by atoms with van der Waals surface area (Å²) in [4.78, 5) is 71.9. The van der Waals surface area contributed by atoms with Gasteiger partial charge in [0.2, 0.25) is 29.5 Å². The summed E-state index contributed by atoms with van der Waals surface area (Å²) in [5.74, 6) is -5.97. The van der Waals surface area contributed by atoms with Gasteiger partial charge in [-0.25, -0.2) is 4.79 Å². The van der Waals surface area contributed by atoms with E-state index in [4.69, 9.17) is 22.9 Å². The molecule has 0 saturated carbocycles. The number of hydrogen-bond acceptors (Lipinski definition) is 8. The number of carboxylic acid groups (broad SMARTS) is 1. The molecule has 0 aromatic carbocycles. The van der Waals surface area contributed by atoms with Gasteiger partial charge in [-0.1, -0.05) is 20.3 Å². The summed E-state index contributed by atoms with van der Waals surface area (Å²) in [6.07, 6.45) is 0.490. The predicted octanol–water partition coefficient (Wildman–Crippen LogP) is -3.22. The molecule has 0 radical (unpaired) electrons. The fraction of sp³-hybridized carbons (Fsp3) is 0.700. The molecule has 0 fully saturated rings. The molecule has 0 heterocycles. The van der Waals surface area contributed by atoms with E-state index in [0.717, 1.165) is 0 Å². The minimum atomic E-state index is -1.48. The number of nitrogens with two attached hydrogens (primary N) is 4. The van der Waals surface area contributed by atoms with E-state index < -0.39 is 78.4 Å². The number of nitrogens with one attached hydrogen (secondary N) is 3. The molecule has 5 atom stereocenters. The Labute approximate surface area is 197 Å². The molecule has 0 aliphatic heterocycles. The third kappa shape index (κ3) is 11.6. The Kier molecular flexibility index (Phi) is 14.1. The number of carbonyl (C=O) groups is 6. The van der Waals surface area contributed by atoms with Crippen LogP contribution in [0.4, 0.5) is 0 Å². The van der Waals surface area contributed by atoms with Crippen LogP contribution in [0.3, 0.4) is 0 Å². The van der Waals surface area contributed by atoms with Crippen LogP contribution in [0.5, 0.6) is 0 Å². The van der Waals surface area contributed by atoms with Gasteiger partial charge in [0.05, 0.1) is 18.9 Å². The van der Waals surface area contributed by atoms with Gasteiger partial charge in [0.25, 0.3) is 0 Å². The number of primary amides is 2. The number of carboxylic acids is 1. The Balaban J connectivity index is 5.53. The molecular weight excluding hydrogens is 450 g/mol. The molecule has 194 valence electrons. The van der Waals surface area contributed by atoms with Crippen LogP contribution in [0.15, 0.2) is 0 Å². The van der Waals surface area contributed by atoms with Crippen molar-refractivity contribution >= 4 is 35.5 Å². The van der Waals surface area contributed by atoms with Crippen LogP contribution in [0.25, 0.3) is 0 Å². The van der Waals surface area contributed by atoms with E-state index in [1.54, 1.807) is 13.8 Å². The van der Waals surface area contributed by atoms with Crippen LogP contribution in [-0.4, -0.2) is 71.3 Å². The highest BCUT2D eigenvalue weighted by molar-refractivity contribution is 5.96. The molecule has 0 bridgehead atoms. The molecule has 0 rings (SSSR count). The van der Waals surface area contributed by atoms with Gasteiger partial charge in [-0.3, -0.25) is 24.0 Å². The van der Waals surface area contributed by atoms with Crippen LogP contribution >= 0.6 is 0 Å². The van der Waals surface area contributed by atoms with E-state index in [1.807, 2.05) is 0 Å². The van der Waals surface area contributed by atoms with Gasteiger partial charge in [-0.15, -0.1) is 0 Å². The average molecular weight is 488 g/mol. The van der Waals surface area contributed by atoms with Gasteiger partial charge in [-0.2, -0.15) is 0 Å². The highest BCUT2D eigenvalue weighted by Crippen LogP contribution is 2.10. The third-order valence-corrected chi connectivity index (χ3v) is 5.15. The van der Waals surface area contributed by atoms with Crippen LogP contribution < -0.4 is 38.9 Å². The first kappa shape index (κ1) is 30.7. The normalized spacial score (nSPS) is 15.2. The number of carbonyl (C=O) groups excluding carboxylic acids is 5. The summed E-state index contributed by atoms with van der Waals surface area (Å²) >= 11 is 0. The van der Waals surface area contributed by atoms with Crippen molar-refractivity contribution in [2.24, 2.45) is 28.9 Å². The van der Waals surface area contributed by atoms with Crippen LogP contribution in [0, 0.1) is 5.92 Å². The second kappa shape index (κ2) is 15.6. The van der Waals surface area contributed by atoms with Crippen molar-refractivity contribution < 1.29 is 33.9 Å². The molecule has 34 heavy (non-hydrogen) atoms. The molecule has 5 amide bonds. The number of rotatable bonds is 17. The Morgan fingerprint density at radius 3 is 1.85 bits per heavy atom.